The Morgan fingerprint density at radius 1 is 1.25 bits per heavy atom. The van der Waals surface area contributed by atoms with E-state index in [1.54, 1.807) is 0 Å². The van der Waals surface area contributed by atoms with Crippen LogP contribution in [0.5, 0.6) is 0 Å². The molecule has 1 amide bonds. The van der Waals surface area contributed by atoms with Crippen LogP contribution in [0.2, 0.25) is 0 Å². The Labute approximate surface area is 166 Å². The number of Topliss-reactive ketones (excluding diaryl/α,β-unsaturated/α-hetero) is 1. The highest BCUT2D eigenvalue weighted by atomic mass is 16.3. The van der Waals surface area contributed by atoms with Crippen LogP contribution >= 0.6 is 0 Å². The van der Waals surface area contributed by atoms with Crippen LogP contribution in [0.1, 0.15) is 33.1 Å². The van der Waals surface area contributed by atoms with Crippen LogP contribution in [0, 0.1) is 29.1 Å². The van der Waals surface area contributed by atoms with Crippen LogP contribution in [-0.4, -0.2) is 58.2 Å². The summed E-state index contributed by atoms with van der Waals surface area (Å²) in [5, 5.41) is 30.5. The zero-order chi connectivity index (χ0) is 20.6. The molecule has 0 spiro atoms. The Bertz CT molecular complexity index is 739. The lowest BCUT2D eigenvalue weighted by Gasteiger charge is -2.50. The molecule has 2 fully saturated rings. The first-order valence-corrected chi connectivity index (χ1v) is 10.1. The minimum Gasteiger partial charge on any atom is -0.511 e. The summed E-state index contributed by atoms with van der Waals surface area (Å²) in [6.45, 7) is 3.54. The van der Waals surface area contributed by atoms with Crippen molar-refractivity contribution in [2.45, 2.75) is 39.2 Å². The van der Waals surface area contributed by atoms with Gasteiger partial charge in [-0.3, -0.25) is 9.59 Å². The largest absolute Gasteiger partial charge is 0.511 e. The lowest BCUT2D eigenvalue weighted by Crippen LogP contribution is -2.46. The predicted octanol–water partition coefficient (Wildman–Crippen LogP) is 1.99. The van der Waals surface area contributed by atoms with Gasteiger partial charge in [0.05, 0.1) is 6.61 Å². The number of fused-ring (bicyclic) bond motifs is 1. The molecular weight excluding hydrogens is 358 g/mol. The molecule has 0 aromatic carbocycles. The maximum absolute atomic E-state index is 12.8. The van der Waals surface area contributed by atoms with E-state index in [4.69, 9.17) is 0 Å². The number of likely N-dealkylation sites (tertiary alicyclic amines) is 1. The molecule has 0 aromatic heterocycles. The minimum atomic E-state index is -0.937. The molecule has 0 bridgehead atoms. The van der Waals surface area contributed by atoms with Crippen LogP contribution in [0.3, 0.4) is 0 Å². The summed E-state index contributed by atoms with van der Waals surface area (Å²) in [7, 11) is 1.48. The second-order valence-electron chi connectivity index (χ2n) is 8.55. The van der Waals surface area contributed by atoms with Crippen molar-refractivity contribution >= 4 is 11.7 Å². The lowest BCUT2D eigenvalue weighted by molar-refractivity contribution is -0.126. The highest BCUT2D eigenvalue weighted by Crippen LogP contribution is 2.56. The summed E-state index contributed by atoms with van der Waals surface area (Å²) < 4.78 is 0. The molecule has 6 nitrogen and oxygen atoms in total. The minimum absolute atomic E-state index is 0.0630. The Morgan fingerprint density at radius 2 is 1.96 bits per heavy atom. The standard InChI is InChI=1S/C22H31NO5/c1-4-5-15-8-7-14-10-13(11-24)6-9-16(14)22(15,2)20(27)18-19(26)17(12-25)23(3)21(18)28/h4-5,7-8,13-17,24-25,27H,6,9-12H2,1-3H3/b5-4+,20-18?/t13-,14-,15?,16-,17+,22-/m1/s1. The van der Waals surface area contributed by atoms with Gasteiger partial charge >= 0.3 is 0 Å². The fourth-order valence-electron chi connectivity index (χ4n) is 5.39. The van der Waals surface area contributed by atoms with Gasteiger partial charge in [-0.2, -0.15) is 0 Å². The van der Waals surface area contributed by atoms with E-state index in [0.29, 0.717) is 0 Å². The molecule has 3 aliphatic rings. The van der Waals surface area contributed by atoms with E-state index in [1.807, 2.05) is 26.0 Å². The summed E-state index contributed by atoms with van der Waals surface area (Å²) in [4.78, 5) is 26.7. The van der Waals surface area contributed by atoms with Crippen molar-refractivity contribution in [1.82, 2.24) is 4.90 Å². The molecule has 2 aliphatic carbocycles. The van der Waals surface area contributed by atoms with Crippen LogP contribution in [0.15, 0.2) is 35.6 Å². The number of carbonyl (C=O) groups excluding carboxylic acids is 2. The van der Waals surface area contributed by atoms with Gasteiger partial charge in [-0.25, -0.2) is 0 Å². The van der Waals surface area contributed by atoms with Gasteiger partial charge < -0.3 is 20.2 Å². The molecule has 3 N–H and O–H groups in total. The molecule has 1 aliphatic heterocycles. The molecule has 28 heavy (non-hydrogen) atoms. The average molecular weight is 389 g/mol. The molecule has 0 radical (unpaired) electrons. The van der Waals surface area contributed by atoms with E-state index in [0.717, 1.165) is 19.3 Å². The zero-order valence-corrected chi connectivity index (χ0v) is 16.8. The summed E-state index contributed by atoms with van der Waals surface area (Å²) in [5.74, 6) is -0.861. The van der Waals surface area contributed by atoms with Gasteiger partial charge in [-0.05, 0) is 43.9 Å². The van der Waals surface area contributed by atoms with Crippen LogP contribution in [-0.2, 0) is 9.59 Å². The van der Waals surface area contributed by atoms with E-state index < -0.39 is 29.8 Å². The number of aliphatic hydroxyl groups excluding tert-OH is 3. The van der Waals surface area contributed by atoms with Gasteiger partial charge in [0.25, 0.3) is 5.91 Å². The van der Waals surface area contributed by atoms with E-state index in [2.05, 4.69) is 12.2 Å². The molecule has 1 saturated carbocycles. The number of nitrogens with zero attached hydrogens (tertiary/aromatic N) is 1. The fraction of sp³-hybridized carbons (Fsp3) is 0.636. The number of aliphatic hydroxyl groups is 3. The third-order valence-electron chi connectivity index (χ3n) is 7.17. The number of ketones is 1. The molecule has 154 valence electrons. The number of hydrogen-bond acceptors (Lipinski definition) is 5. The number of allylic oxidation sites excluding steroid dienone is 5. The molecule has 0 aromatic rings. The summed E-state index contributed by atoms with van der Waals surface area (Å²) in [6.07, 6.45) is 10.6. The predicted molar refractivity (Wildman–Crippen MR) is 105 cm³/mol. The molecule has 1 unspecified atom stereocenters. The zero-order valence-electron chi connectivity index (χ0n) is 16.8. The Balaban J connectivity index is 2.11. The third kappa shape index (κ3) is 3.03. The monoisotopic (exact) mass is 389 g/mol. The van der Waals surface area contributed by atoms with Crippen LogP contribution < -0.4 is 0 Å². The van der Waals surface area contributed by atoms with Crippen molar-refractivity contribution in [3.63, 3.8) is 0 Å². The van der Waals surface area contributed by atoms with Crippen molar-refractivity contribution in [3.8, 4) is 0 Å². The second kappa shape index (κ2) is 7.84. The Morgan fingerprint density at radius 3 is 2.54 bits per heavy atom. The average Bonchev–Trinajstić information content (AvgIpc) is 2.91. The summed E-state index contributed by atoms with van der Waals surface area (Å²) in [6, 6.07) is -0.937. The summed E-state index contributed by atoms with van der Waals surface area (Å²) >= 11 is 0. The maximum atomic E-state index is 12.8. The van der Waals surface area contributed by atoms with Gasteiger partial charge in [0.15, 0.2) is 5.78 Å². The molecule has 3 rings (SSSR count). The quantitative estimate of drug-likeness (QED) is 0.296. The first-order chi connectivity index (χ1) is 13.3. The molecule has 1 saturated heterocycles. The van der Waals surface area contributed by atoms with Gasteiger partial charge in [0, 0.05) is 25.0 Å². The molecule has 1 heterocycles. The molecule has 6 heteroatoms. The highest BCUT2D eigenvalue weighted by molar-refractivity contribution is 6.26. The van der Waals surface area contributed by atoms with E-state index >= 15 is 0 Å². The number of hydrogen-bond donors (Lipinski definition) is 3. The van der Waals surface area contributed by atoms with Crippen molar-refractivity contribution in [2.75, 3.05) is 20.3 Å². The van der Waals surface area contributed by atoms with Gasteiger partial charge in [0.1, 0.15) is 17.4 Å². The van der Waals surface area contributed by atoms with Gasteiger partial charge in [0.2, 0.25) is 0 Å². The van der Waals surface area contributed by atoms with E-state index in [1.165, 1.54) is 11.9 Å². The smallest absolute Gasteiger partial charge is 0.261 e. The third-order valence-corrected chi connectivity index (χ3v) is 7.17. The van der Waals surface area contributed by atoms with Gasteiger partial charge in [-0.15, -0.1) is 0 Å². The van der Waals surface area contributed by atoms with Gasteiger partial charge in [-0.1, -0.05) is 31.2 Å². The van der Waals surface area contributed by atoms with E-state index in [-0.39, 0.29) is 41.6 Å². The van der Waals surface area contributed by atoms with Crippen molar-refractivity contribution in [2.24, 2.45) is 29.1 Å². The second-order valence-corrected chi connectivity index (χ2v) is 8.55. The van der Waals surface area contributed by atoms with Crippen molar-refractivity contribution in [3.05, 3.63) is 35.6 Å². The number of likely N-dealkylation sites (N-methyl/N-ethyl adjacent to an activating group) is 1. The van der Waals surface area contributed by atoms with Crippen molar-refractivity contribution < 1.29 is 24.9 Å². The first kappa shape index (κ1) is 20.8. The maximum Gasteiger partial charge on any atom is 0.261 e. The highest BCUT2D eigenvalue weighted by Gasteiger charge is 2.54. The molecular formula is C22H31NO5. The number of amides is 1. The van der Waals surface area contributed by atoms with Crippen LogP contribution in [0.4, 0.5) is 0 Å². The fourth-order valence-corrected chi connectivity index (χ4v) is 5.39. The Hall–Kier alpha value is -1.92. The number of carbonyl (C=O) groups is 2. The Kier molecular flexibility index (Phi) is 5.82. The van der Waals surface area contributed by atoms with Crippen LogP contribution in [0.25, 0.3) is 0 Å². The topological polar surface area (TPSA) is 98.1 Å². The summed E-state index contributed by atoms with van der Waals surface area (Å²) in [5.41, 5.74) is -0.977. The van der Waals surface area contributed by atoms with E-state index in [9.17, 15) is 24.9 Å². The first-order valence-electron chi connectivity index (χ1n) is 10.1. The normalized spacial score (nSPS) is 40.3. The molecule has 6 atom stereocenters. The SMILES string of the molecule is C/C=C/C1C=C[C@@H]2C[C@H](CO)CC[C@H]2[C@]1(C)C(O)=C1C(=O)[C@H](CO)N(C)C1=O. The van der Waals surface area contributed by atoms with Crippen molar-refractivity contribution in [1.29, 1.82) is 0 Å². The lowest BCUT2D eigenvalue weighted by atomic mass is 9.54. The number of rotatable bonds is 4.